The number of methoxy groups -OCH3 is 2. The maximum Gasteiger partial charge on any atom is 0.222 e. The summed E-state index contributed by atoms with van der Waals surface area (Å²) in [6.45, 7) is 2.35. The number of H-pyrrole nitrogens is 1. The van der Waals surface area contributed by atoms with Gasteiger partial charge < -0.3 is 14.8 Å². The lowest BCUT2D eigenvalue weighted by Gasteiger charge is -2.17. The summed E-state index contributed by atoms with van der Waals surface area (Å²) in [4.78, 5) is 12.5. The van der Waals surface area contributed by atoms with E-state index >= 15 is 0 Å². The first-order chi connectivity index (χ1) is 14.0. The van der Waals surface area contributed by atoms with E-state index < -0.39 is 0 Å². The van der Waals surface area contributed by atoms with Crippen molar-refractivity contribution in [2.45, 2.75) is 25.9 Å². The van der Waals surface area contributed by atoms with Gasteiger partial charge in [-0.1, -0.05) is 18.2 Å². The maximum atomic E-state index is 12.5. The van der Waals surface area contributed by atoms with Gasteiger partial charge in [0.1, 0.15) is 11.5 Å². The van der Waals surface area contributed by atoms with Gasteiger partial charge in [-0.05, 0) is 49.5 Å². The minimum Gasteiger partial charge on any atom is -0.497 e. The number of hydrogen-bond donors (Lipinski definition) is 2. The average molecular weight is 413 g/mol. The van der Waals surface area contributed by atoms with Gasteiger partial charge in [0.05, 0.1) is 20.3 Å². The summed E-state index contributed by atoms with van der Waals surface area (Å²) in [5.41, 5.74) is 1.82. The van der Waals surface area contributed by atoms with Crippen LogP contribution in [0.5, 0.6) is 11.5 Å². The number of carbonyl (C=O) groups excluding carboxylic acids is 1. The van der Waals surface area contributed by atoms with E-state index in [2.05, 4.69) is 15.5 Å². The Balaban J connectivity index is 1.67. The second-order valence-electron chi connectivity index (χ2n) is 6.51. The summed E-state index contributed by atoms with van der Waals surface area (Å²) in [6.07, 6.45) is 0.274. The third-order valence-corrected chi connectivity index (χ3v) is 4.96. The molecule has 29 heavy (non-hydrogen) atoms. The van der Waals surface area contributed by atoms with Crippen LogP contribution in [0.3, 0.4) is 0 Å². The first kappa shape index (κ1) is 20.6. The van der Waals surface area contributed by atoms with E-state index in [1.165, 1.54) is 0 Å². The Morgan fingerprint density at radius 2 is 1.90 bits per heavy atom. The average Bonchev–Trinajstić information content (AvgIpc) is 3.12. The molecule has 0 aliphatic heterocycles. The Kier molecular flexibility index (Phi) is 6.66. The molecule has 1 atom stereocenters. The van der Waals surface area contributed by atoms with Gasteiger partial charge in [0.2, 0.25) is 5.91 Å². The maximum absolute atomic E-state index is 12.5. The lowest BCUT2D eigenvalue weighted by atomic mass is 10.1. The van der Waals surface area contributed by atoms with Crippen LogP contribution in [0.1, 0.15) is 24.9 Å². The van der Waals surface area contributed by atoms with Crippen LogP contribution in [0.25, 0.3) is 11.4 Å². The number of amides is 1. The number of carbonyl (C=O) groups is 1. The second-order valence-corrected chi connectivity index (χ2v) is 6.90. The van der Waals surface area contributed by atoms with Crippen molar-refractivity contribution in [2.24, 2.45) is 0 Å². The van der Waals surface area contributed by atoms with E-state index in [1.807, 2.05) is 60.0 Å². The summed E-state index contributed by atoms with van der Waals surface area (Å²) >= 11 is 5.34. The van der Waals surface area contributed by atoms with Crippen LogP contribution in [0.15, 0.2) is 48.5 Å². The predicted molar refractivity (Wildman–Crippen MR) is 114 cm³/mol. The van der Waals surface area contributed by atoms with Crippen LogP contribution >= 0.6 is 12.2 Å². The predicted octanol–water partition coefficient (Wildman–Crippen LogP) is 3.89. The Bertz CT molecular complexity index is 1030. The van der Waals surface area contributed by atoms with Crippen molar-refractivity contribution in [1.82, 2.24) is 20.1 Å². The Morgan fingerprint density at radius 3 is 2.59 bits per heavy atom. The standard InChI is InChI=1S/C21H24N4O3S/c1-14(17-6-4-5-7-18(17)28-3)22-19(26)12-13-25-20(23-24-21(25)29)15-8-10-16(27-2)11-9-15/h4-11,14H,12-13H2,1-3H3,(H,22,26)(H,24,29). The van der Waals surface area contributed by atoms with Crippen LogP contribution in [0.2, 0.25) is 0 Å². The summed E-state index contributed by atoms with van der Waals surface area (Å²) in [5, 5.41) is 10.1. The Morgan fingerprint density at radius 1 is 1.17 bits per heavy atom. The molecule has 0 radical (unpaired) electrons. The van der Waals surface area contributed by atoms with Gasteiger partial charge in [-0.2, -0.15) is 5.10 Å². The number of para-hydroxylation sites is 1. The zero-order chi connectivity index (χ0) is 20.8. The van der Waals surface area contributed by atoms with E-state index in [-0.39, 0.29) is 18.4 Å². The minimum absolute atomic E-state index is 0.0767. The molecule has 0 fully saturated rings. The van der Waals surface area contributed by atoms with Gasteiger partial charge in [0, 0.05) is 24.1 Å². The molecule has 8 heteroatoms. The van der Waals surface area contributed by atoms with Crippen molar-refractivity contribution in [3.63, 3.8) is 0 Å². The zero-order valence-electron chi connectivity index (χ0n) is 16.6. The molecule has 2 N–H and O–H groups in total. The number of benzene rings is 2. The number of aromatic nitrogens is 3. The van der Waals surface area contributed by atoms with Crippen LogP contribution in [0.4, 0.5) is 0 Å². The number of aromatic amines is 1. The Labute approximate surface area is 174 Å². The van der Waals surface area contributed by atoms with Gasteiger partial charge in [-0.3, -0.25) is 14.5 Å². The summed E-state index contributed by atoms with van der Waals surface area (Å²) in [5.74, 6) is 2.12. The number of nitrogens with one attached hydrogen (secondary N) is 2. The Hall–Kier alpha value is -3.13. The number of hydrogen-bond acceptors (Lipinski definition) is 5. The number of nitrogens with zero attached hydrogens (tertiary/aromatic N) is 2. The highest BCUT2D eigenvalue weighted by molar-refractivity contribution is 7.71. The molecule has 3 aromatic rings. The SMILES string of the molecule is COc1ccc(-c2n[nH]c(=S)n2CCC(=O)NC(C)c2ccccc2OC)cc1. The lowest BCUT2D eigenvalue weighted by molar-refractivity contribution is -0.121. The molecule has 0 bridgehead atoms. The second kappa shape index (κ2) is 9.38. The lowest BCUT2D eigenvalue weighted by Crippen LogP contribution is -2.27. The summed E-state index contributed by atoms with van der Waals surface area (Å²) < 4.78 is 12.9. The topological polar surface area (TPSA) is 81.2 Å². The molecule has 0 saturated heterocycles. The highest BCUT2D eigenvalue weighted by atomic mass is 32.1. The van der Waals surface area contributed by atoms with Crippen molar-refractivity contribution in [3.8, 4) is 22.9 Å². The van der Waals surface area contributed by atoms with Crippen LogP contribution in [0, 0.1) is 4.77 Å². The summed E-state index contributed by atoms with van der Waals surface area (Å²) in [7, 11) is 3.24. The van der Waals surface area contributed by atoms with Gasteiger partial charge >= 0.3 is 0 Å². The molecule has 0 spiro atoms. The van der Waals surface area contributed by atoms with E-state index in [9.17, 15) is 4.79 Å². The fraction of sp³-hybridized carbons (Fsp3) is 0.286. The summed E-state index contributed by atoms with van der Waals surface area (Å²) in [6, 6.07) is 15.0. The third-order valence-electron chi connectivity index (χ3n) is 4.65. The van der Waals surface area contributed by atoms with Gasteiger partial charge in [0.25, 0.3) is 0 Å². The molecular weight excluding hydrogens is 388 g/mol. The molecular formula is C21H24N4O3S. The fourth-order valence-electron chi connectivity index (χ4n) is 3.11. The minimum atomic E-state index is -0.169. The molecule has 0 aliphatic carbocycles. The number of ether oxygens (including phenoxy) is 2. The molecule has 152 valence electrons. The molecule has 1 unspecified atom stereocenters. The smallest absolute Gasteiger partial charge is 0.222 e. The molecule has 1 heterocycles. The van der Waals surface area contributed by atoms with E-state index in [4.69, 9.17) is 21.7 Å². The van der Waals surface area contributed by atoms with Crippen molar-refractivity contribution in [2.75, 3.05) is 14.2 Å². The largest absolute Gasteiger partial charge is 0.497 e. The normalized spacial score (nSPS) is 11.7. The van der Waals surface area contributed by atoms with Crippen LogP contribution in [-0.2, 0) is 11.3 Å². The van der Waals surface area contributed by atoms with E-state index in [0.717, 1.165) is 22.6 Å². The third kappa shape index (κ3) is 4.83. The molecule has 3 rings (SSSR count). The molecule has 1 aromatic heterocycles. The zero-order valence-corrected chi connectivity index (χ0v) is 17.5. The van der Waals surface area contributed by atoms with Crippen LogP contribution < -0.4 is 14.8 Å². The highest BCUT2D eigenvalue weighted by Crippen LogP contribution is 2.24. The molecule has 7 nitrogen and oxygen atoms in total. The quantitative estimate of drug-likeness (QED) is 0.549. The van der Waals surface area contributed by atoms with Gasteiger partial charge in [0.15, 0.2) is 10.6 Å². The van der Waals surface area contributed by atoms with Crippen molar-refractivity contribution < 1.29 is 14.3 Å². The van der Waals surface area contributed by atoms with E-state index in [0.29, 0.717) is 17.1 Å². The van der Waals surface area contributed by atoms with Crippen molar-refractivity contribution in [1.29, 1.82) is 0 Å². The number of rotatable bonds is 8. The molecule has 0 aliphatic rings. The monoisotopic (exact) mass is 412 g/mol. The van der Waals surface area contributed by atoms with Crippen molar-refractivity contribution >= 4 is 18.1 Å². The van der Waals surface area contributed by atoms with E-state index in [1.54, 1.807) is 14.2 Å². The molecule has 0 saturated carbocycles. The van der Waals surface area contributed by atoms with Crippen molar-refractivity contribution in [3.05, 3.63) is 58.9 Å². The van der Waals surface area contributed by atoms with Crippen LogP contribution in [-0.4, -0.2) is 34.9 Å². The first-order valence-corrected chi connectivity index (χ1v) is 9.66. The molecule has 1 amide bonds. The molecule has 2 aromatic carbocycles. The highest BCUT2D eigenvalue weighted by Gasteiger charge is 2.15. The van der Waals surface area contributed by atoms with Gasteiger partial charge in [-0.15, -0.1) is 0 Å². The van der Waals surface area contributed by atoms with Gasteiger partial charge in [-0.25, -0.2) is 0 Å². The fourth-order valence-corrected chi connectivity index (χ4v) is 3.34. The first-order valence-electron chi connectivity index (χ1n) is 9.25.